The zero-order valence-electron chi connectivity index (χ0n) is 6.43. The summed E-state index contributed by atoms with van der Waals surface area (Å²) in [6.45, 7) is 4.88. The van der Waals surface area contributed by atoms with Crippen molar-refractivity contribution in [3.05, 3.63) is 0 Å². The van der Waals surface area contributed by atoms with Crippen LogP contribution in [0.4, 0.5) is 0 Å². The lowest BCUT2D eigenvalue weighted by Crippen LogP contribution is -2.15. The molecule has 2 fully saturated rings. The fourth-order valence-electron chi connectivity index (χ4n) is 2.87. The van der Waals surface area contributed by atoms with Crippen molar-refractivity contribution in [3.8, 4) is 0 Å². The van der Waals surface area contributed by atoms with Gasteiger partial charge in [-0.15, -0.1) is 0 Å². The Hall–Kier alpha value is 0. The van der Waals surface area contributed by atoms with Crippen molar-refractivity contribution in [2.75, 3.05) is 0 Å². The molecule has 0 aromatic carbocycles. The van der Waals surface area contributed by atoms with Crippen molar-refractivity contribution >= 4 is 0 Å². The highest BCUT2D eigenvalue weighted by Crippen LogP contribution is 2.51. The predicted octanol–water partition coefficient (Wildman–Crippen LogP) is 2.69. The van der Waals surface area contributed by atoms with Crippen LogP contribution in [0.5, 0.6) is 0 Å². The molecule has 2 bridgehead atoms. The quantitative estimate of drug-likeness (QED) is 0.465. The number of rotatable bonds is 0. The first-order valence-electron chi connectivity index (χ1n) is 4.29. The van der Waals surface area contributed by atoms with E-state index in [1.807, 2.05) is 0 Å². The zero-order valence-corrected chi connectivity index (χ0v) is 6.43. The summed E-state index contributed by atoms with van der Waals surface area (Å²) in [5, 5.41) is 0. The van der Waals surface area contributed by atoms with E-state index in [1.54, 1.807) is 6.42 Å². The molecule has 3 unspecified atom stereocenters. The van der Waals surface area contributed by atoms with E-state index in [1.165, 1.54) is 12.8 Å². The van der Waals surface area contributed by atoms with Gasteiger partial charge in [0.2, 0.25) is 0 Å². The molecule has 2 rings (SSSR count). The van der Waals surface area contributed by atoms with Gasteiger partial charge in [0.1, 0.15) is 0 Å². The Kier molecular flexibility index (Phi) is 1.12. The number of hydrogen-bond acceptors (Lipinski definition) is 0. The van der Waals surface area contributed by atoms with Gasteiger partial charge in [-0.1, -0.05) is 13.8 Å². The minimum atomic E-state index is 1.05. The molecule has 4 atom stereocenters. The van der Waals surface area contributed by atoms with Crippen LogP contribution in [0.2, 0.25) is 0 Å². The topological polar surface area (TPSA) is 0 Å². The monoisotopic (exact) mass is 124 g/mol. The summed E-state index contributed by atoms with van der Waals surface area (Å²) in [5.74, 6) is 4.32. The van der Waals surface area contributed by atoms with Crippen molar-refractivity contribution in [1.82, 2.24) is 0 Å². The highest BCUT2D eigenvalue weighted by Gasteiger charge is 2.42. The maximum absolute atomic E-state index is 2.44. The molecule has 0 N–H and O–H groups in total. The minimum Gasteiger partial charge on any atom is -0.0620 e. The molecule has 0 aromatic heterocycles. The van der Waals surface area contributed by atoms with Crippen LogP contribution >= 0.6 is 0 Å². The van der Waals surface area contributed by atoms with Crippen molar-refractivity contribution in [3.63, 3.8) is 0 Å². The molecular formula is C9H16. The van der Waals surface area contributed by atoms with E-state index in [0.717, 1.165) is 23.7 Å². The normalized spacial score (nSPS) is 56.7. The first-order valence-corrected chi connectivity index (χ1v) is 4.29. The van der Waals surface area contributed by atoms with E-state index in [2.05, 4.69) is 13.8 Å². The molecule has 9 heavy (non-hydrogen) atoms. The smallest absolute Gasteiger partial charge is 0.0383 e. The third-order valence-corrected chi connectivity index (χ3v) is 3.83. The Bertz CT molecular complexity index is 99.2. The van der Waals surface area contributed by atoms with Gasteiger partial charge in [0.15, 0.2) is 0 Å². The summed E-state index contributed by atoms with van der Waals surface area (Å²) in [6, 6.07) is 0. The molecule has 0 nitrogen and oxygen atoms in total. The molecule has 2 saturated carbocycles. The lowest BCUT2D eigenvalue weighted by molar-refractivity contribution is 0.259. The summed E-state index contributed by atoms with van der Waals surface area (Å²) < 4.78 is 0. The number of hydrogen-bond donors (Lipinski definition) is 0. The van der Waals surface area contributed by atoms with Gasteiger partial charge < -0.3 is 0 Å². The Balaban J connectivity index is 2.15. The molecule has 0 spiro atoms. The fraction of sp³-hybridized carbons (Fsp3) is 1.00. The molecule has 52 valence electrons. The fourth-order valence-corrected chi connectivity index (χ4v) is 2.87. The van der Waals surface area contributed by atoms with Gasteiger partial charge in [-0.2, -0.15) is 0 Å². The summed E-state index contributed by atoms with van der Waals surface area (Å²) in [4.78, 5) is 0. The van der Waals surface area contributed by atoms with Crippen molar-refractivity contribution in [1.29, 1.82) is 0 Å². The van der Waals surface area contributed by atoms with Crippen LogP contribution < -0.4 is 0 Å². The maximum Gasteiger partial charge on any atom is -0.0383 e. The largest absolute Gasteiger partial charge is 0.0620 e. The van der Waals surface area contributed by atoms with Gasteiger partial charge in [-0.05, 0) is 42.9 Å². The Morgan fingerprint density at radius 3 is 1.56 bits per heavy atom. The van der Waals surface area contributed by atoms with Crippen LogP contribution in [-0.4, -0.2) is 0 Å². The molecule has 0 aliphatic heterocycles. The van der Waals surface area contributed by atoms with Crippen molar-refractivity contribution < 1.29 is 0 Å². The van der Waals surface area contributed by atoms with Crippen LogP contribution in [0.15, 0.2) is 0 Å². The lowest BCUT2D eigenvalue weighted by atomic mass is 9.82. The standard InChI is InChI=1S/C9H16/c1-6-7(2)9-4-3-8(6)5-9/h6-9H,3-5H2,1-2H3/t6?,7?,8-,9?/m0/s1. The molecule has 0 saturated heterocycles. The van der Waals surface area contributed by atoms with Crippen LogP contribution in [0.25, 0.3) is 0 Å². The van der Waals surface area contributed by atoms with Gasteiger partial charge in [0.05, 0.1) is 0 Å². The molecule has 2 aliphatic rings. The Labute approximate surface area is 57.6 Å². The van der Waals surface area contributed by atoms with E-state index < -0.39 is 0 Å². The zero-order chi connectivity index (χ0) is 6.43. The summed E-state index contributed by atoms with van der Waals surface area (Å²) in [6.07, 6.45) is 4.63. The highest BCUT2D eigenvalue weighted by molar-refractivity contribution is 4.92. The first-order chi connectivity index (χ1) is 4.29. The third kappa shape index (κ3) is 0.653. The lowest BCUT2D eigenvalue weighted by Gasteiger charge is -2.24. The molecular weight excluding hydrogens is 108 g/mol. The Morgan fingerprint density at radius 2 is 1.33 bits per heavy atom. The van der Waals surface area contributed by atoms with Gasteiger partial charge in [0, 0.05) is 0 Å². The summed E-state index contributed by atoms with van der Waals surface area (Å²) in [7, 11) is 0. The molecule has 2 aliphatic carbocycles. The first kappa shape index (κ1) is 5.76. The van der Waals surface area contributed by atoms with Crippen molar-refractivity contribution in [2.45, 2.75) is 33.1 Å². The van der Waals surface area contributed by atoms with E-state index in [9.17, 15) is 0 Å². The second-order valence-electron chi connectivity index (χ2n) is 4.05. The van der Waals surface area contributed by atoms with E-state index in [4.69, 9.17) is 0 Å². The molecule has 0 radical (unpaired) electrons. The molecule has 0 heteroatoms. The van der Waals surface area contributed by atoms with Crippen LogP contribution in [-0.2, 0) is 0 Å². The molecule has 0 amide bonds. The van der Waals surface area contributed by atoms with E-state index >= 15 is 0 Å². The average molecular weight is 124 g/mol. The van der Waals surface area contributed by atoms with Crippen LogP contribution in [0.3, 0.4) is 0 Å². The molecule has 0 heterocycles. The highest BCUT2D eigenvalue weighted by atomic mass is 14.5. The Morgan fingerprint density at radius 1 is 0.889 bits per heavy atom. The van der Waals surface area contributed by atoms with Crippen molar-refractivity contribution in [2.24, 2.45) is 23.7 Å². The van der Waals surface area contributed by atoms with Gasteiger partial charge >= 0.3 is 0 Å². The molecule has 0 aromatic rings. The second kappa shape index (κ2) is 1.74. The predicted molar refractivity (Wildman–Crippen MR) is 39.2 cm³/mol. The van der Waals surface area contributed by atoms with E-state index in [0.29, 0.717) is 0 Å². The summed E-state index contributed by atoms with van der Waals surface area (Å²) in [5.41, 5.74) is 0. The van der Waals surface area contributed by atoms with Gasteiger partial charge in [0.25, 0.3) is 0 Å². The third-order valence-electron chi connectivity index (χ3n) is 3.83. The van der Waals surface area contributed by atoms with Crippen LogP contribution in [0.1, 0.15) is 33.1 Å². The van der Waals surface area contributed by atoms with Crippen LogP contribution in [0, 0.1) is 23.7 Å². The SMILES string of the molecule is CC1C2CC[C@@H](C2)C1C. The summed E-state index contributed by atoms with van der Waals surface area (Å²) >= 11 is 0. The average Bonchev–Trinajstić information content (AvgIpc) is 2.37. The van der Waals surface area contributed by atoms with E-state index in [-0.39, 0.29) is 0 Å². The van der Waals surface area contributed by atoms with Gasteiger partial charge in [-0.3, -0.25) is 0 Å². The maximum atomic E-state index is 2.44. The minimum absolute atomic E-state index is 1.05. The van der Waals surface area contributed by atoms with Gasteiger partial charge in [-0.25, -0.2) is 0 Å². The number of fused-ring (bicyclic) bond motifs is 2. The second-order valence-corrected chi connectivity index (χ2v) is 4.05.